The van der Waals surface area contributed by atoms with E-state index in [4.69, 9.17) is 0 Å². The van der Waals surface area contributed by atoms with E-state index >= 15 is 0 Å². The number of hydrogen-bond donors (Lipinski definition) is 1. The zero-order valence-electron chi connectivity index (χ0n) is 10.8. The maximum Gasteiger partial charge on any atom is 0.0692 e. The topological polar surface area (TPSA) is 60.6 Å². The van der Waals surface area contributed by atoms with Crippen LogP contribution in [0, 0.1) is 0 Å². The third-order valence-corrected chi connectivity index (χ3v) is 2.68. The Morgan fingerprint density at radius 1 is 1.28 bits per heavy atom. The van der Waals surface area contributed by atoms with Crippen molar-refractivity contribution in [2.45, 2.75) is 39.4 Å². The number of rotatable bonds is 8. The van der Waals surface area contributed by atoms with Crippen molar-refractivity contribution in [1.29, 1.82) is 0 Å². The molecule has 0 atom stereocenters. The number of nitrogens with zero attached hydrogens (tertiary/aromatic N) is 5. The predicted octanol–water partition coefficient (Wildman–Crippen LogP) is 1.06. The average molecular weight is 248 g/mol. The third-order valence-electron chi connectivity index (χ3n) is 2.68. The van der Waals surface area contributed by atoms with E-state index in [2.05, 4.69) is 33.8 Å². The molecule has 18 heavy (non-hydrogen) atoms. The van der Waals surface area contributed by atoms with Gasteiger partial charge in [-0.25, -0.2) is 0 Å². The molecule has 2 aromatic heterocycles. The van der Waals surface area contributed by atoms with Gasteiger partial charge in [0.15, 0.2) is 0 Å². The quantitative estimate of drug-likeness (QED) is 0.710. The Morgan fingerprint density at radius 3 is 3.00 bits per heavy atom. The van der Waals surface area contributed by atoms with Gasteiger partial charge in [-0.3, -0.25) is 9.36 Å². The molecular weight excluding hydrogens is 228 g/mol. The minimum atomic E-state index is 0.876. The first-order chi connectivity index (χ1) is 8.88. The Balaban J connectivity index is 1.59. The average Bonchev–Trinajstić information content (AvgIpc) is 3.01. The molecule has 0 aliphatic rings. The summed E-state index contributed by atoms with van der Waals surface area (Å²) in [6.07, 6.45) is 9.79. The van der Waals surface area contributed by atoms with Crippen LogP contribution in [0.1, 0.15) is 25.3 Å². The SMILES string of the molecule is CCCn1cc(CNCCCn2ccnn2)cn1. The number of aryl methyl sites for hydroxylation is 2. The van der Waals surface area contributed by atoms with E-state index in [0.29, 0.717) is 0 Å². The molecule has 0 amide bonds. The highest BCUT2D eigenvalue weighted by Gasteiger charge is 1.97. The van der Waals surface area contributed by atoms with Gasteiger partial charge in [0.25, 0.3) is 0 Å². The number of aromatic nitrogens is 5. The molecule has 0 spiro atoms. The van der Waals surface area contributed by atoms with E-state index in [1.54, 1.807) is 6.20 Å². The molecule has 1 N–H and O–H groups in total. The monoisotopic (exact) mass is 248 g/mol. The number of hydrogen-bond acceptors (Lipinski definition) is 4. The highest BCUT2D eigenvalue weighted by molar-refractivity contribution is 5.03. The fourth-order valence-electron chi connectivity index (χ4n) is 1.80. The molecule has 6 heteroatoms. The normalized spacial score (nSPS) is 10.9. The van der Waals surface area contributed by atoms with Crippen LogP contribution in [0.4, 0.5) is 0 Å². The molecule has 2 aromatic rings. The van der Waals surface area contributed by atoms with Crippen LogP contribution in [0.5, 0.6) is 0 Å². The van der Waals surface area contributed by atoms with Crippen LogP contribution in [-0.2, 0) is 19.6 Å². The standard InChI is InChI=1S/C12H20N6/c1-2-6-18-11-12(10-15-18)9-13-4-3-7-17-8-5-14-16-17/h5,8,10-11,13H,2-4,6-7,9H2,1H3. The first kappa shape index (κ1) is 12.8. The maximum absolute atomic E-state index is 4.30. The van der Waals surface area contributed by atoms with Gasteiger partial charge in [-0.2, -0.15) is 5.10 Å². The molecule has 0 aromatic carbocycles. The summed E-state index contributed by atoms with van der Waals surface area (Å²) in [5.74, 6) is 0. The van der Waals surface area contributed by atoms with Gasteiger partial charge in [-0.1, -0.05) is 12.1 Å². The zero-order valence-corrected chi connectivity index (χ0v) is 10.8. The summed E-state index contributed by atoms with van der Waals surface area (Å²) in [6.45, 7) is 5.90. The Bertz CT molecular complexity index is 433. The molecule has 0 aliphatic carbocycles. The van der Waals surface area contributed by atoms with Crippen molar-refractivity contribution in [1.82, 2.24) is 30.1 Å². The van der Waals surface area contributed by atoms with E-state index in [-0.39, 0.29) is 0 Å². The second kappa shape index (κ2) is 6.90. The lowest BCUT2D eigenvalue weighted by Crippen LogP contribution is -2.16. The lowest BCUT2D eigenvalue weighted by molar-refractivity contribution is 0.530. The van der Waals surface area contributed by atoms with Crippen molar-refractivity contribution in [2.75, 3.05) is 6.54 Å². The zero-order chi connectivity index (χ0) is 12.6. The minimum absolute atomic E-state index is 0.876. The highest BCUT2D eigenvalue weighted by Crippen LogP contribution is 1.98. The van der Waals surface area contributed by atoms with Gasteiger partial charge in [0, 0.05) is 37.6 Å². The molecule has 2 rings (SSSR count). The summed E-state index contributed by atoms with van der Waals surface area (Å²) in [5.41, 5.74) is 1.24. The first-order valence-corrected chi connectivity index (χ1v) is 6.44. The fourth-order valence-corrected chi connectivity index (χ4v) is 1.80. The molecule has 6 nitrogen and oxygen atoms in total. The van der Waals surface area contributed by atoms with Crippen molar-refractivity contribution in [3.05, 3.63) is 30.4 Å². The smallest absolute Gasteiger partial charge is 0.0692 e. The van der Waals surface area contributed by atoms with Crippen molar-refractivity contribution in [2.24, 2.45) is 0 Å². The molecule has 0 radical (unpaired) electrons. The number of nitrogens with one attached hydrogen (secondary N) is 1. The van der Waals surface area contributed by atoms with Crippen LogP contribution in [0.3, 0.4) is 0 Å². The first-order valence-electron chi connectivity index (χ1n) is 6.44. The van der Waals surface area contributed by atoms with Gasteiger partial charge in [0.2, 0.25) is 0 Å². The van der Waals surface area contributed by atoms with Crippen LogP contribution in [0.2, 0.25) is 0 Å². The maximum atomic E-state index is 4.30. The summed E-state index contributed by atoms with van der Waals surface area (Å²) in [6, 6.07) is 0. The molecule has 0 aliphatic heterocycles. The predicted molar refractivity (Wildman–Crippen MR) is 68.9 cm³/mol. The van der Waals surface area contributed by atoms with Gasteiger partial charge >= 0.3 is 0 Å². The van der Waals surface area contributed by atoms with Crippen molar-refractivity contribution in [3.8, 4) is 0 Å². The van der Waals surface area contributed by atoms with Crippen molar-refractivity contribution < 1.29 is 0 Å². The molecule has 0 saturated heterocycles. The largest absolute Gasteiger partial charge is 0.312 e. The van der Waals surface area contributed by atoms with Gasteiger partial charge < -0.3 is 5.32 Å². The lowest BCUT2D eigenvalue weighted by Gasteiger charge is -2.02. The summed E-state index contributed by atoms with van der Waals surface area (Å²) in [4.78, 5) is 0. The Kier molecular flexibility index (Phi) is 4.89. The van der Waals surface area contributed by atoms with Crippen LogP contribution < -0.4 is 5.32 Å². The summed E-state index contributed by atoms with van der Waals surface area (Å²) < 4.78 is 3.84. The molecule has 98 valence electrons. The molecule has 0 unspecified atom stereocenters. The van der Waals surface area contributed by atoms with Crippen LogP contribution in [0.25, 0.3) is 0 Å². The van der Waals surface area contributed by atoms with E-state index < -0.39 is 0 Å². The van der Waals surface area contributed by atoms with Crippen LogP contribution >= 0.6 is 0 Å². The second-order valence-corrected chi connectivity index (χ2v) is 4.31. The van der Waals surface area contributed by atoms with E-state index in [1.165, 1.54) is 5.56 Å². The fraction of sp³-hybridized carbons (Fsp3) is 0.583. The van der Waals surface area contributed by atoms with Crippen LogP contribution in [-0.4, -0.2) is 31.3 Å². The van der Waals surface area contributed by atoms with E-state index in [1.807, 2.05) is 21.8 Å². The Morgan fingerprint density at radius 2 is 2.22 bits per heavy atom. The van der Waals surface area contributed by atoms with Gasteiger partial charge in [0.05, 0.1) is 12.4 Å². The van der Waals surface area contributed by atoms with Crippen LogP contribution in [0.15, 0.2) is 24.8 Å². The summed E-state index contributed by atoms with van der Waals surface area (Å²) in [5, 5.41) is 15.4. The van der Waals surface area contributed by atoms with Crippen molar-refractivity contribution >= 4 is 0 Å². The molecule has 0 fully saturated rings. The molecular formula is C12H20N6. The molecule has 0 bridgehead atoms. The van der Waals surface area contributed by atoms with Gasteiger partial charge in [-0.15, -0.1) is 5.10 Å². The van der Waals surface area contributed by atoms with Crippen molar-refractivity contribution in [3.63, 3.8) is 0 Å². The Labute approximate surface area is 107 Å². The minimum Gasteiger partial charge on any atom is -0.312 e. The highest BCUT2D eigenvalue weighted by atomic mass is 15.4. The van der Waals surface area contributed by atoms with Gasteiger partial charge in [-0.05, 0) is 19.4 Å². The second-order valence-electron chi connectivity index (χ2n) is 4.31. The molecule has 0 saturated carbocycles. The summed E-state index contributed by atoms with van der Waals surface area (Å²) >= 11 is 0. The summed E-state index contributed by atoms with van der Waals surface area (Å²) in [7, 11) is 0. The third kappa shape index (κ3) is 3.96. The van der Waals surface area contributed by atoms with E-state index in [9.17, 15) is 0 Å². The Hall–Kier alpha value is -1.69. The lowest BCUT2D eigenvalue weighted by atomic mass is 10.3. The van der Waals surface area contributed by atoms with Gasteiger partial charge in [0.1, 0.15) is 0 Å². The molecule has 2 heterocycles. The van der Waals surface area contributed by atoms with E-state index in [0.717, 1.165) is 39.0 Å².